The van der Waals surface area contributed by atoms with E-state index in [4.69, 9.17) is 4.55 Å². The lowest BCUT2D eigenvalue weighted by atomic mass is 10.00. The van der Waals surface area contributed by atoms with E-state index in [1.165, 1.54) is 30.7 Å². The SMILES string of the molecule is CC[N+](CC)(CC)CC.O=S(=O)(O)C(F)(F)C(F)(F)C(F)(F)C(F)(F)CCC(F)(F)F. The molecule has 0 spiro atoms. The molecule has 0 fully saturated rings. The van der Waals surface area contributed by atoms with Crippen LogP contribution in [-0.4, -0.2) is 72.8 Å². The van der Waals surface area contributed by atoms with Gasteiger partial charge in [0.1, 0.15) is 0 Å². The Balaban J connectivity index is 0. The Kier molecular flexibility index (Phi) is 10.8. The zero-order chi connectivity index (χ0) is 25.7. The van der Waals surface area contributed by atoms with Crippen molar-refractivity contribution in [1.82, 2.24) is 0 Å². The van der Waals surface area contributed by atoms with E-state index in [1.54, 1.807) is 0 Å². The number of hydrogen-bond donors (Lipinski definition) is 1. The summed E-state index contributed by atoms with van der Waals surface area (Å²) in [6.45, 7) is 14.2. The topological polar surface area (TPSA) is 54.4 Å². The Hall–Kier alpha value is -0.900. The zero-order valence-electron chi connectivity index (χ0n) is 17.0. The van der Waals surface area contributed by atoms with E-state index in [0.29, 0.717) is 0 Å². The molecule has 4 nitrogen and oxygen atoms in total. The molecule has 0 radical (unpaired) electrons. The Morgan fingerprint density at radius 2 is 0.968 bits per heavy atom. The van der Waals surface area contributed by atoms with Gasteiger partial charge < -0.3 is 4.48 Å². The van der Waals surface area contributed by atoms with Gasteiger partial charge in [-0.15, -0.1) is 0 Å². The number of rotatable bonds is 10. The van der Waals surface area contributed by atoms with Gasteiger partial charge in [0.05, 0.1) is 26.2 Å². The fourth-order valence-corrected chi connectivity index (χ4v) is 2.82. The summed E-state index contributed by atoms with van der Waals surface area (Å²) in [5.74, 6) is -20.9. The molecule has 16 heteroatoms. The van der Waals surface area contributed by atoms with Gasteiger partial charge >= 0.3 is 39.3 Å². The van der Waals surface area contributed by atoms with Crippen molar-refractivity contribution in [2.24, 2.45) is 0 Å². The van der Waals surface area contributed by atoms with Crippen LogP contribution in [0.1, 0.15) is 40.5 Å². The highest BCUT2D eigenvalue weighted by atomic mass is 32.2. The van der Waals surface area contributed by atoms with Gasteiger partial charge in [0.2, 0.25) is 0 Å². The van der Waals surface area contributed by atoms with Gasteiger partial charge in [0.25, 0.3) is 0 Å². The number of nitrogens with zero attached hydrogens (tertiary/aromatic N) is 1. The first-order chi connectivity index (χ1) is 13.4. The average Bonchev–Trinajstić information content (AvgIpc) is 2.61. The molecule has 0 bridgehead atoms. The molecule has 0 saturated heterocycles. The lowest BCUT2D eigenvalue weighted by Crippen LogP contribution is -2.64. The van der Waals surface area contributed by atoms with E-state index in [1.807, 2.05) is 0 Å². The average molecular weight is 508 g/mol. The molecular formula is C15H25F11NO3S+. The molecule has 0 heterocycles. The van der Waals surface area contributed by atoms with Crippen molar-refractivity contribution in [1.29, 1.82) is 0 Å². The van der Waals surface area contributed by atoms with E-state index in [9.17, 15) is 56.7 Å². The maximum absolute atomic E-state index is 12.9. The van der Waals surface area contributed by atoms with Gasteiger partial charge in [-0.25, -0.2) is 0 Å². The monoisotopic (exact) mass is 508 g/mol. The first kappa shape index (κ1) is 32.3. The lowest BCUT2D eigenvalue weighted by molar-refractivity contribution is -0.921. The maximum Gasteiger partial charge on any atom is 0.438 e. The van der Waals surface area contributed by atoms with Crippen molar-refractivity contribution in [2.45, 2.75) is 69.7 Å². The molecule has 0 atom stereocenters. The van der Waals surface area contributed by atoms with Crippen molar-refractivity contribution in [3.63, 3.8) is 0 Å². The lowest BCUT2D eigenvalue weighted by Gasteiger charge is -2.35. The van der Waals surface area contributed by atoms with Gasteiger partial charge in [0.15, 0.2) is 0 Å². The number of quaternary nitrogens is 1. The molecular weight excluding hydrogens is 483 g/mol. The largest absolute Gasteiger partial charge is 0.438 e. The van der Waals surface area contributed by atoms with Gasteiger partial charge in [-0.05, 0) is 27.7 Å². The van der Waals surface area contributed by atoms with Crippen molar-refractivity contribution in [3.8, 4) is 0 Å². The van der Waals surface area contributed by atoms with Crippen LogP contribution in [0.25, 0.3) is 0 Å². The first-order valence-electron chi connectivity index (χ1n) is 8.85. The van der Waals surface area contributed by atoms with Crippen LogP contribution in [-0.2, 0) is 10.1 Å². The summed E-state index contributed by atoms with van der Waals surface area (Å²) < 4.78 is 166. The van der Waals surface area contributed by atoms with E-state index >= 15 is 0 Å². The van der Waals surface area contributed by atoms with Crippen LogP contribution >= 0.6 is 0 Å². The van der Waals surface area contributed by atoms with Crippen molar-refractivity contribution in [3.05, 3.63) is 0 Å². The van der Waals surface area contributed by atoms with Crippen LogP contribution in [0.5, 0.6) is 0 Å². The molecule has 0 aliphatic carbocycles. The van der Waals surface area contributed by atoms with E-state index in [0.717, 1.165) is 0 Å². The van der Waals surface area contributed by atoms with Crippen LogP contribution in [0.15, 0.2) is 0 Å². The highest BCUT2D eigenvalue weighted by Crippen LogP contribution is 2.55. The highest BCUT2D eigenvalue weighted by Gasteiger charge is 2.84. The molecule has 0 unspecified atom stereocenters. The molecule has 190 valence electrons. The summed E-state index contributed by atoms with van der Waals surface area (Å²) in [6.07, 6.45) is -11.2. The van der Waals surface area contributed by atoms with Crippen molar-refractivity contribution >= 4 is 10.1 Å². The zero-order valence-corrected chi connectivity index (χ0v) is 17.8. The van der Waals surface area contributed by atoms with E-state index < -0.39 is 52.2 Å². The summed E-state index contributed by atoms with van der Waals surface area (Å²) in [6, 6.07) is 0. The third-order valence-corrected chi connectivity index (χ3v) is 5.85. The maximum atomic E-state index is 12.9. The summed E-state index contributed by atoms with van der Waals surface area (Å²) in [5.41, 5.74) is 0. The highest BCUT2D eigenvalue weighted by molar-refractivity contribution is 7.87. The molecule has 0 aromatic carbocycles. The summed E-state index contributed by atoms with van der Waals surface area (Å²) in [5, 5.41) is -7.06. The van der Waals surface area contributed by atoms with Gasteiger partial charge in [-0.2, -0.15) is 56.7 Å². The van der Waals surface area contributed by atoms with Crippen LogP contribution < -0.4 is 0 Å². The smallest absolute Gasteiger partial charge is 0.325 e. The van der Waals surface area contributed by atoms with Crippen LogP contribution in [0.3, 0.4) is 0 Å². The van der Waals surface area contributed by atoms with Gasteiger partial charge in [-0.3, -0.25) is 4.55 Å². The van der Waals surface area contributed by atoms with E-state index in [-0.39, 0.29) is 0 Å². The minimum atomic E-state index is -7.39. The quantitative estimate of drug-likeness (QED) is 0.238. The molecule has 31 heavy (non-hydrogen) atoms. The molecule has 0 aliphatic rings. The van der Waals surface area contributed by atoms with Gasteiger partial charge in [0, 0.05) is 12.8 Å². The first-order valence-corrected chi connectivity index (χ1v) is 10.3. The molecule has 0 aromatic rings. The number of halogens is 11. The normalized spacial score (nSPS) is 14.8. The second kappa shape index (κ2) is 10.4. The Bertz CT molecular complexity index is 642. The van der Waals surface area contributed by atoms with Crippen LogP contribution in [0, 0.1) is 0 Å². The molecule has 0 aliphatic heterocycles. The van der Waals surface area contributed by atoms with Crippen molar-refractivity contribution in [2.75, 3.05) is 26.2 Å². The third kappa shape index (κ3) is 7.30. The summed E-state index contributed by atoms with van der Waals surface area (Å²) in [4.78, 5) is 0. The fourth-order valence-electron chi connectivity index (χ4n) is 2.37. The molecule has 0 amide bonds. The Morgan fingerprint density at radius 1 is 0.645 bits per heavy atom. The minimum absolute atomic E-state index is 1.28. The standard InChI is InChI=1S/C8H20N.C7H5F11O3S/c1-5-9(6-2,7-3)8-4;8-3(9,1-2-4(10,11)12)5(13,14)6(15,16)7(17,18)22(19,20)21/h5-8H2,1-4H3;1-2H2,(H,19,20,21)/q+1;. The Labute approximate surface area is 172 Å². The second-order valence-electron chi connectivity index (χ2n) is 6.57. The minimum Gasteiger partial charge on any atom is -0.325 e. The number of hydrogen-bond acceptors (Lipinski definition) is 2. The molecule has 1 N–H and O–H groups in total. The number of alkyl halides is 11. The van der Waals surface area contributed by atoms with Crippen LogP contribution in [0.2, 0.25) is 0 Å². The third-order valence-electron chi connectivity index (χ3n) is 4.95. The van der Waals surface area contributed by atoms with E-state index in [2.05, 4.69) is 27.7 Å². The molecule has 0 saturated carbocycles. The van der Waals surface area contributed by atoms with Crippen molar-refractivity contribution < 1.29 is 65.7 Å². The van der Waals surface area contributed by atoms with Crippen LogP contribution in [0.4, 0.5) is 48.3 Å². The summed E-state index contributed by atoms with van der Waals surface area (Å²) in [7, 11) is -7.27. The molecule has 0 aromatic heterocycles. The molecule has 0 rings (SSSR count). The van der Waals surface area contributed by atoms with Gasteiger partial charge in [-0.1, -0.05) is 0 Å². The predicted octanol–water partition coefficient (Wildman–Crippen LogP) is 5.60. The predicted molar refractivity (Wildman–Crippen MR) is 89.1 cm³/mol. The summed E-state index contributed by atoms with van der Waals surface area (Å²) >= 11 is 0. The fraction of sp³-hybridized carbons (Fsp3) is 1.00. The second-order valence-corrected chi connectivity index (χ2v) is 8.03. The Morgan fingerprint density at radius 3 is 1.16 bits per heavy atom.